The Bertz CT molecular complexity index is 439. The number of carbonyl (C=O) groups excluding carboxylic acids is 1. The molecule has 0 bridgehead atoms. The SMILES string of the molecule is CCS(=O)CCNC(=O)c1ccc(Br)c(F)c1. The molecule has 6 heteroatoms. The smallest absolute Gasteiger partial charge is 0.251 e. The van der Waals surface area contributed by atoms with Crippen molar-refractivity contribution in [3.05, 3.63) is 34.1 Å². The number of benzene rings is 1. The largest absolute Gasteiger partial charge is 0.351 e. The fourth-order valence-corrected chi connectivity index (χ4v) is 2.03. The van der Waals surface area contributed by atoms with Gasteiger partial charge in [0.05, 0.1) is 4.47 Å². The van der Waals surface area contributed by atoms with Crippen LogP contribution in [-0.2, 0) is 10.8 Å². The Balaban J connectivity index is 2.52. The molecular weight excluding hydrogens is 309 g/mol. The van der Waals surface area contributed by atoms with E-state index in [1.807, 2.05) is 6.92 Å². The molecule has 1 aromatic rings. The average Bonchev–Trinajstić information content (AvgIpc) is 2.32. The Morgan fingerprint density at radius 2 is 2.24 bits per heavy atom. The first kappa shape index (κ1) is 14.3. The van der Waals surface area contributed by atoms with E-state index >= 15 is 0 Å². The van der Waals surface area contributed by atoms with E-state index in [1.165, 1.54) is 12.1 Å². The second-order valence-electron chi connectivity index (χ2n) is 3.32. The Morgan fingerprint density at radius 1 is 1.53 bits per heavy atom. The summed E-state index contributed by atoms with van der Waals surface area (Å²) < 4.78 is 24.6. The van der Waals surface area contributed by atoms with E-state index in [9.17, 15) is 13.4 Å². The highest BCUT2D eigenvalue weighted by Crippen LogP contribution is 2.16. The topological polar surface area (TPSA) is 46.2 Å². The molecule has 0 spiro atoms. The average molecular weight is 322 g/mol. The summed E-state index contributed by atoms with van der Waals surface area (Å²) in [6.07, 6.45) is 0. The molecule has 1 amide bonds. The van der Waals surface area contributed by atoms with Gasteiger partial charge in [-0.25, -0.2) is 4.39 Å². The predicted octanol–water partition coefficient (Wildman–Crippen LogP) is 2.09. The maximum atomic E-state index is 13.2. The summed E-state index contributed by atoms with van der Waals surface area (Å²) in [6, 6.07) is 4.17. The van der Waals surface area contributed by atoms with Gasteiger partial charge < -0.3 is 5.32 Å². The number of nitrogens with one attached hydrogen (secondary N) is 1. The molecule has 0 aromatic heterocycles. The van der Waals surface area contributed by atoms with E-state index in [1.54, 1.807) is 0 Å². The molecular formula is C11H13BrFNO2S. The molecule has 0 fully saturated rings. The summed E-state index contributed by atoms with van der Waals surface area (Å²) >= 11 is 3.01. The van der Waals surface area contributed by atoms with E-state index < -0.39 is 16.6 Å². The Labute approximate surface area is 110 Å². The highest BCUT2D eigenvalue weighted by Gasteiger charge is 2.08. The second-order valence-corrected chi connectivity index (χ2v) is 6.04. The first-order chi connectivity index (χ1) is 8.04. The van der Waals surface area contributed by atoms with Crippen molar-refractivity contribution in [3.8, 4) is 0 Å². The fraction of sp³-hybridized carbons (Fsp3) is 0.364. The monoisotopic (exact) mass is 321 g/mol. The van der Waals surface area contributed by atoms with Crippen LogP contribution in [0.2, 0.25) is 0 Å². The zero-order valence-electron chi connectivity index (χ0n) is 9.33. The van der Waals surface area contributed by atoms with Gasteiger partial charge >= 0.3 is 0 Å². The molecule has 1 atom stereocenters. The molecule has 0 aliphatic carbocycles. The second kappa shape index (κ2) is 6.86. The lowest BCUT2D eigenvalue weighted by Crippen LogP contribution is -2.28. The Morgan fingerprint density at radius 3 is 2.82 bits per heavy atom. The maximum absolute atomic E-state index is 13.2. The van der Waals surface area contributed by atoms with Gasteiger partial charge in [-0.05, 0) is 34.1 Å². The van der Waals surface area contributed by atoms with Gasteiger partial charge in [0.25, 0.3) is 5.91 Å². The summed E-state index contributed by atoms with van der Waals surface area (Å²) in [5, 5.41) is 2.60. The summed E-state index contributed by atoms with van der Waals surface area (Å²) in [5.74, 6) is 0.156. The van der Waals surface area contributed by atoms with Gasteiger partial charge in [0, 0.05) is 34.4 Å². The van der Waals surface area contributed by atoms with Crippen molar-refractivity contribution in [2.24, 2.45) is 0 Å². The van der Waals surface area contributed by atoms with Crippen molar-refractivity contribution >= 4 is 32.6 Å². The molecule has 94 valence electrons. The normalized spacial score (nSPS) is 12.2. The van der Waals surface area contributed by atoms with E-state index in [0.29, 0.717) is 22.5 Å². The van der Waals surface area contributed by atoms with Crippen LogP contribution in [0.15, 0.2) is 22.7 Å². The van der Waals surface area contributed by atoms with E-state index in [2.05, 4.69) is 21.2 Å². The molecule has 0 saturated heterocycles. The van der Waals surface area contributed by atoms with Crippen molar-refractivity contribution in [2.75, 3.05) is 18.1 Å². The maximum Gasteiger partial charge on any atom is 0.251 e. The van der Waals surface area contributed by atoms with Crippen molar-refractivity contribution in [3.63, 3.8) is 0 Å². The molecule has 17 heavy (non-hydrogen) atoms. The minimum atomic E-state index is -0.904. The van der Waals surface area contributed by atoms with Crippen LogP contribution >= 0.6 is 15.9 Å². The van der Waals surface area contributed by atoms with Crippen LogP contribution in [0.25, 0.3) is 0 Å². The minimum absolute atomic E-state index is 0.257. The molecule has 1 rings (SSSR count). The van der Waals surface area contributed by atoms with Gasteiger partial charge in [-0.1, -0.05) is 6.92 Å². The lowest BCUT2D eigenvalue weighted by atomic mass is 10.2. The standard InChI is InChI=1S/C11H13BrFNO2S/c1-2-17(16)6-5-14-11(15)8-3-4-9(12)10(13)7-8/h3-4,7H,2,5-6H2,1H3,(H,14,15). The molecule has 0 saturated carbocycles. The first-order valence-corrected chi connectivity index (χ1v) is 7.41. The molecule has 0 heterocycles. The molecule has 1 unspecified atom stereocenters. The number of amides is 1. The highest BCUT2D eigenvalue weighted by atomic mass is 79.9. The predicted molar refractivity (Wildman–Crippen MR) is 70.0 cm³/mol. The fourth-order valence-electron chi connectivity index (χ4n) is 1.16. The van der Waals surface area contributed by atoms with Crippen LogP contribution in [0, 0.1) is 5.82 Å². The molecule has 0 radical (unpaired) electrons. The third kappa shape index (κ3) is 4.55. The van der Waals surface area contributed by atoms with E-state index in [0.717, 1.165) is 6.07 Å². The summed E-state index contributed by atoms with van der Waals surface area (Å²) in [5.41, 5.74) is 0.257. The van der Waals surface area contributed by atoms with Gasteiger partial charge in [-0.2, -0.15) is 0 Å². The number of hydrogen-bond donors (Lipinski definition) is 1. The van der Waals surface area contributed by atoms with Crippen molar-refractivity contribution in [1.29, 1.82) is 0 Å². The highest BCUT2D eigenvalue weighted by molar-refractivity contribution is 9.10. The van der Waals surface area contributed by atoms with Crippen LogP contribution in [0.4, 0.5) is 4.39 Å². The van der Waals surface area contributed by atoms with Crippen LogP contribution in [0.5, 0.6) is 0 Å². The van der Waals surface area contributed by atoms with Crippen LogP contribution in [0.3, 0.4) is 0 Å². The quantitative estimate of drug-likeness (QED) is 0.902. The van der Waals surface area contributed by atoms with Gasteiger partial charge in [-0.15, -0.1) is 0 Å². The molecule has 1 aromatic carbocycles. The summed E-state index contributed by atoms with van der Waals surface area (Å²) in [6.45, 7) is 2.15. The number of rotatable bonds is 5. The Kier molecular flexibility index (Phi) is 5.77. The molecule has 0 aliphatic rings. The number of carbonyl (C=O) groups is 1. The van der Waals surface area contributed by atoms with Gasteiger partial charge in [-0.3, -0.25) is 9.00 Å². The first-order valence-electron chi connectivity index (χ1n) is 5.12. The third-order valence-corrected chi connectivity index (χ3v) is 4.07. The van der Waals surface area contributed by atoms with E-state index in [-0.39, 0.29) is 11.5 Å². The third-order valence-electron chi connectivity index (χ3n) is 2.12. The zero-order chi connectivity index (χ0) is 12.8. The molecule has 1 N–H and O–H groups in total. The van der Waals surface area contributed by atoms with Gasteiger partial charge in [0.1, 0.15) is 5.82 Å². The summed E-state index contributed by atoms with van der Waals surface area (Å²) in [7, 11) is -0.904. The molecule has 0 aliphatic heterocycles. The Hall–Kier alpha value is -0.750. The lowest BCUT2D eigenvalue weighted by molar-refractivity contribution is 0.0955. The van der Waals surface area contributed by atoms with Crippen LogP contribution < -0.4 is 5.32 Å². The minimum Gasteiger partial charge on any atom is -0.351 e. The zero-order valence-corrected chi connectivity index (χ0v) is 11.7. The van der Waals surface area contributed by atoms with Crippen LogP contribution in [-0.4, -0.2) is 28.2 Å². The van der Waals surface area contributed by atoms with Gasteiger partial charge in [0.2, 0.25) is 0 Å². The number of hydrogen-bond acceptors (Lipinski definition) is 2. The van der Waals surface area contributed by atoms with E-state index in [4.69, 9.17) is 0 Å². The summed E-state index contributed by atoms with van der Waals surface area (Å²) in [4.78, 5) is 11.6. The molecule has 3 nitrogen and oxygen atoms in total. The van der Waals surface area contributed by atoms with Gasteiger partial charge in [0.15, 0.2) is 0 Å². The van der Waals surface area contributed by atoms with Crippen molar-refractivity contribution in [1.82, 2.24) is 5.32 Å². The van der Waals surface area contributed by atoms with Crippen LogP contribution in [0.1, 0.15) is 17.3 Å². The van der Waals surface area contributed by atoms with Crippen molar-refractivity contribution < 1.29 is 13.4 Å². The van der Waals surface area contributed by atoms with Crippen molar-refractivity contribution in [2.45, 2.75) is 6.92 Å². The number of halogens is 2. The lowest BCUT2D eigenvalue weighted by Gasteiger charge is -2.05.